The van der Waals surface area contributed by atoms with Crippen LogP contribution in [-0.2, 0) is 9.53 Å². The lowest BCUT2D eigenvalue weighted by atomic mass is 9.70. The molecule has 3 unspecified atom stereocenters. The van der Waals surface area contributed by atoms with E-state index in [1.807, 2.05) is 24.3 Å². The molecule has 118 valence electrons. The van der Waals surface area contributed by atoms with Crippen molar-refractivity contribution in [1.29, 1.82) is 0 Å². The van der Waals surface area contributed by atoms with Crippen molar-refractivity contribution in [2.75, 3.05) is 6.61 Å². The molecule has 0 amide bonds. The highest BCUT2D eigenvalue weighted by Gasteiger charge is 2.54. The van der Waals surface area contributed by atoms with Crippen LogP contribution in [0.1, 0.15) is 38.2 Å². The Morgan fingerprint density at radius 3 is 3.00 bits per heavy atom. The van der Waals surface area contributed by atoms with E-state index in [0.29, 0.717) is 17.7 Å². The van der Waals surface area contributed by atoms with Gasteiger partial charge in [0.15, 0.2) is 0 Å². The molecule has 4 heteroatoms. The van der Waals surface area contributed by atoms with Gasteiger partial charge in [-0.25, -0.2) is 0 Å². The SMILES string of the molecule is C=C1c2ccccc2OC2CCCCC2(O)C1C(=O)OCC. The molecule has 1 N–H and O–H groups in total. The van der Waals surface area contributed by atoms with Crippen molar-refractivity contribution in [1.82, 2.24) is 0 Å². The lowest BCUT2D eigenvalue weighted by molar-refractivity contribution is -0.165. The molecule has 0 radical (unpaired) electrons. The van der Waals surface area contributed by atoms with Gasteiger partial charge < -0.3 is 14.6 Å². The van der Waals surface area contributed by atoms with Gasteiger partial charge in [0, 0.05) is 5.56 Å². The van der Waals surface area contributed by atoms with Gasteiger partial charge in [-0.1, -0.05) is 31.2 Å². The van der Waals surface area contributed by atoms with Gasteiger partial charge in [-0.3, -0.25) is 4.79 Å². The van der Waals surface area contributed by atoms with Gasteiger partial charge >= 0.3 is 5.97 Å². The summed E-state index contributed by atoms with van der Waals surface area (Å²) in [5.74, 6) is -0.506. The number of carbonyl (C=O) groups is 1. The zero-order chi connectivity index (χ0) is 15.7. The molecular weight excluding hydrogens is 280 g/mol. The number of hydrogen-bond donors (Lipinski definition) is 1. The minimum absolute atomic E-state index is 0.284. The first-order valence-corrected chi connectivity index (χ1v) is 7.91. The molecule has 0 aromatic heterocycles. The second-order valence-electron chi connectivity index (χ2n) is 6.05. The summed E-state index contributed by atoms with van der Waals surface area (Å²) in [6.45, 7) is 6.15. The topological polar surface area (TPSA) is 55.8 Å². The molecule has 0 saturated heterocycles. The monoisotopic (exact) mass is 302 g/mol. The average molecular weight is 302 g/mol. The van der Waals surface area contributed by atoms with E-state index in [0.717, 1.165) is 24.8 Å². The van der Waals surface area contributed by atoms with E-state index in [9.17, 15) is 9.90 Å². The molecule has 1 aromatic rings. The van der Waals surface area contributed by atoms with E-state index >= 15 is 0 Å². The fourth-order valence-corrected chi connectivity index (χ4v) is 3.66. The van der Waals surface area contributed by atoms with Crippen molar-refractivity contribution in [3.8, 4) is 5.75 Å². The van der Waals surface area contributed by atoms with Crippen LogP contribution >= 0.6 is 0 Å². The van der Waals surface area contributed by atoms with E-state index in [1.54, 1.807) is 6.92 Å². The molecule has 1 heterocycles. The van der Waals surface area contributed by atoms with Gasteiger partial charge in [-0.05, 0) is 37.8 Å². The van der Waals surface area contributed by atoms with E-state index in [-0.39, 0.29) is 6.61 Å². The molecule has 4 nitrogen and oxygen atoms in total. The van der Waals surface area contributed by atoms with Gasteiger partial charge in [-0.2, -0.15) is 0 Å². The molecule has 1 aliphatic heterocycles. The molecular formula is C18H22O4. The summed E-state index contributed by atoms with van der Waals surface area (Å²) in [5.41, 5.74) is 0.116. The Bertz CT molecular complexity index is 595. The summed E-state index contributed by atoms with van der Waals surface area (Å²) >= 11 is 0. The Morgan fingerprint density at radius 1 is 1.45 bits per heavy atom. The highest BCUT2D eigenvalue weighted by atomic mass is 16.5. The van der Waals surface area contributed by atoms with Crippen LogP contribution in [0.25, 0.3) is 5.57 Å². The maximum absolute atomic E-state index is 12.5. The number of fused-ring (bicyclic) bond motifs is 2. The fraction of sp³-hybridized carbons (Fsp3) is 0.500. The standard InChI is InChI=1S/C18H22O4/c1-3-21-17(19)16-12(2)13-8-4-5-9-14(13)22-15-10-6-7-11-18(15,16)20/h4-5,8-9,15-16,20H,2-3,6-7,10-11H2,1H3. The molecule has 22 heavy (non-hydrogen) atoms. The number of rotatable bonds is 2. The number of aliphatic hydroxyl groups is 1. The number of para-hydroxylation sites is 1. The number of hydrogen-bond acceptors (Lipinski definition) is 4. The van der Waals surface area contributed by atoms with Crippen LogP contribution in [-0.4, -0.2) is 29.4 Å². The maximum Gasteiger partial charge on any atom is 0.316 e. The summed E-state index contributed by atoms with van der Waals surface area (Å²) < 4.78 is 11.3. The van der Waals surface area contributed by atoms with Crippen LogP contribution in [0.4, 0.5) is 0 Å². The molecule has 1 aliphatic carbocycles. The van der Waals surface area contributed by atoms with Crippen molar-refractivity contribution in [2.45, 2.75) is 44.3 Å². The van der Waals surface area contributed by atoms with Crippen LogP contribution in [0.2, 0.25) is 0 Å². The van der Waals surface area contributed by atoms with Gasteiger partial charge in [0.25, 0.3) is 0 Å². The van der Waals surface area contributed by atoms with Crippen LogP contribution < -0.4 is 4.74 Å². The Labute approximate surface area is 130 Å². The van der Waals surface area contributed by atoms with E-state index in [1.165, 1.54) is 0 Å². The highest BCUT2D eigenvalue weighted by Crippen LogP contribution is 2.47. The van der Waals surface area contributed by atoms with E-state index < -0.39 is 23.6 Å². The second kappa shape index (κ2) is 5.76. The summed E-state index contributed by atoms with van der Waals surface area (Å²) in [6.07, 6.45) is 2.70. The van der Waals surface area contributed by atoms with Gasteiger partial charge in [-0.15, -0.1) is 0 Å². The first-order chi connectivity index (χ1) is 10.6. The van der Waals surface area contributed by atoms with E-state index in [4.69, 9.17) is 9.47 Å². The van der Waals surface area contributed by atoms with Crippen LogP contribution in [0, 0.1) is 5.92 Å². The maximum atomic E-state index is 12.5. The predicted octanol–water partition coefficient (Wildman–Crippen LogP) is 2.95. The molecule has 0 spiro atoms. The summed E-state index contributed by atoms with van der Waals surface area (Å²) in [4.78, 5) is 12.5. The zero-order valence-corrected chi connectivity index (χ0v) is 12.9. The fourth-order valence-electron chi connectivity index (χ4n) is 3.66. The third-order valence-corrected chi connectivity index (χ3v) is 4.72. The number of ether oxygens (including phenoxy) is 2. The lowest BCUT2D eigenvalue weighted by Crippen LogP contribution is -2.55. The molecule has 1 saturated carbocycles. The Balaban J connectivity index is 2.10. The molecule has 3 rings (SSSR count). The third-order valence-electron chi connectivity index (χ3n) is 4.72. The first-order valence-electron chi connectivity index (χ1n) is 7.91. The van der Waals surface area contributed by atoms with Crippen LogP contribution in [0.15, 0.2) is 30.8 Å². The quantitative estimate of drug-likeness (QED) is 0.853. The molecule has 2 aliphatic rings. The smallest absolute Gasteiger partial charge is 0.316 e. The summed E-state index contributed by atoms with van der Waals surface area (Å²) in [7, 11) is 0. The first kappa shape index (κ1) is 15.1. The van der Waals surface area contributed by atoms with Crippen molar-refractivity contribution in [2.24, 2.45) is 5.92 Å². The summed E-state index contributed by atoms with van der Waals surface area (Å²) in [5, 5.41) is 11.3. The van der Waals surface area contributed by atoms with Crippen molar-refractivity contribution < 1.29 is 19.4 Å². The molecule has 3 atom stereocenters. The van der Waals surface area contributed by atoms with E-state index in [2.05, 4.69) is 6.58 Å². The molecule has 1 aromatic carbocycles. The number of carbonyl (C=O) groups excluding carboxylic acids is 1. The molecule has 1 fully saturated rings. The Morgan fingerprint density at radius 2 is 2.23 bits per heavy atom. The normalized spacial score (nSPS) is 30.5. The highest BCUT2D eigenvalue weighted by molar-refractivity contribution is 5.91. The van der Waals surface area contributed by atoms with Gasteiger partial charge in [0.1, 0.15) is 23.4 Å². The number of esters is 1. The number of benzene rings is 1. The third kappa shape index (κ3) is 2.31. The van der Waals surface area contributed by atoms with Gasteiger partial charge in [0.2, 0.25) is 0 Å². The molecule has 0 bridgehead atoms. The lowest BCUT2D eigenvalue weighted by Gasteiger charge is -2.42. The average Bonchev–Trinajstić information content (AvgIpc) is 2.59. The predicted molar refractivity (Wildman–Crippen MR) is 83.4 cm³/mol. The van der Waals surface area contributed by atoms with Gasteiger partial charge in [0.05, 0.1) is 6.61 Å². The van der Waals surface area contributed by atoms with Crippen LogP contribution in [0.5, 0.6) is 5.75 Å². The Hall–Kier alpha value is -1.81. The van der Waals surface area contributed by atoms with Crippen molar-refractivity contribution >= 4 is 11.5 Å². The van der Waals surface area contributed by atoms with Crippen molar-refractivity contribution in [3.05, 3.63) is 36.4 Å². The minimum atomic E-state index is -1.25. The zero-order valence-electron chi connectivity index (χ0n) is 12.9. The minimum Gasteiger partial charge on any atom is -0.487 e. The van der Waals surface area contributed by atoms with Crippen molar-refractivity contribution in [3.63, 3.8) is 0 Å². The largest absolute Gasteiger partial charge is 0.487 e. The Kier molecular flexibility index (Phi) is 3.96. The van der Waals surface area contributed by atoms with Crippen LogP contribution in [0.3, 0.4) is 0 Å². The second-order valence-corrected chi connectivity index (χ2v) is 6.05. The summed E-state index contributed by atoms with van der Waals surface area (Å²) in [6, 6.07) is 7.51.